The molecule has 2 fully saturated rings. The van der Waals surface area contributed by atoms with E-state index >= 15 is 0 Å². The number of rotatable bonds is 7. The van der Waals surface area contributed by atoms with Crippen molar-refractivity contribution in [3.63, 3.8) is 0 Å². The zero-order chi connectivity index (χ0) is 16.2. The van der Waals surface area contributed by atoms with E-state index in [4.69, 9.17) is 9.15 Å². The first-order chi connectivity index (χ1) is 11.2. The molecule has 1 aliphatic carbocycles. The lowest BCUT2D eigenvalue weighted by Crippen LogP contribution is -2.55. The maximum atomic E-state index is 12.5. The molecule has 126 valence electrons. The van der Waals surface area contributed by atoms with E-state index in [1.165, 1.54) is 12.8 Å². The fraction of sp³-hybridized carbons (Fsp3) is 0.625. The van der Waals surface area contributed by atoms with Crippen molar-refractivity contribution >= 4 is 23.8 Å². The van der Waals surface area contributed by atoms with Crippen molar-refractivity contribution in [2.24, 2.45) is 0 Å². The van der Waals surface area contributed by atoms with Crippen LogP contribution in [0.2, 0.25) is 0 Å². The van der Waals surface area contributed by atoms with Gasteiger partial charge in [0, 0.05) is 24.8 Å². The van der Waals surface area contributed by atoms with Gasteiger partial charge >= 0.3 is 5.97 Å². The molecule has 7 heteroatoms. The van der Waals surface area contributed by atoms with Gasteiger partial charge in [-0.2, -0.15) is 0 Å². The van der Waals surface area contributed by atoms with Crippen LogP contribution in [0.4, 0.5) is 0 Å². The van der Waals surface area contributed by atoms with E-state index in [1.54, 1.807) is 36.1 Å². The molecule has 1 aromatic heterocycles. The lowest BCUT2D eigenvalue weighted by Gasteiger charge is -2.37. The smallest absolute Gasteiger partial charge is 0.329 e. The lowest BCUT2D eigenvalue weighted by atomic mass is 10.1. The average molecular weight is 338 g/mol. The lowest BCUT2D eigenvalue weighted by molar-refractivity contribution is -0.156. The standard InChI is InChI=1S/C16H22N2O4S/c1-2-21-16(20)14(10-12-4-3-9-22-12)18-8-7-17(11-15(18)19)23-13-5-6-13/h3-4,9,13-14H,2,5-8,10-11H2,1H3. The number of esters is 1. The normalized spacial score (nSPS) is 20.6. The zero-order valence-corrected chi connectivity index (χ0v) is 14.1. The first-order valence-corrected chi connectivity index (χ1v) is 8.91. The first kappa shape index (κ1) is 16.4. The van der Waals surface area contributed by atoms with Crippen molar-refractivity contribution in [1.82, 2.24) is 9.21 Å². The van der Waals surface area contributed by atoms with Gasteiger partial charge in [-0.25, -0.2) is 9.10 Å². The Hall–Kier alpha value is -1.47. The van der Waals surface area contributed by atoms with Gasteiger partial charge in [-0.05, 0) is 31.9 Å². The second-order valence-corrected chi connectivity index (χ2v) is 7.20. The molecule has 2 heterocycles. The molecule has 0 N–H and O–H groups in total. The highest BCUT2D eigenvalue weighted by atomic mass is 32.2. The summed E-state index contributed by atoms with van der Waals surface area (Å²) in [6, 6.07) is 2.99. The summed E-state index contributed by atoms with van der Waals surface area (Å²) in [4.78, 5) is 26.5. The van der Waals surface area contributed by atoms with Crippen molar-refractivity contribution < 1.29 is 18.7 Å². The predicted octanol–water partition coefficient (Wildman–Crippen LogP) is 1.71. The Morgan fingerprint density at radius 1 is 1.48 bits per heavy atom. The highest BCUT2D eigenvalue weighted by Gasteiger charge is 2.37. The third-order valence-electron chi connectivity index (χ3n) is 3.95. The quantitative estimate of drug-likeness (QED) is 0.557. The van der Waals surface area contributed by atoms with Gasteiger partial charge in [0.15, 0.2) is 0 Å². The third-order valence-corrected chi connectivity index (χ3v) is 5.33. The fourth-order valence-corrected chi connectivity index (χ4v) is 3.79. The predicted molar refractivity (Wildman–Crippen MR) is 86.7 cm³/mol. The van der Waals surface area contributed by atoms with Crippen LogP contribution in [-0.4, -0.2) is 58.6 Å². The molecule has 0 spiro atoms. The van der Waals surface area contributed by atoms with Crippen molar-refractivity contribution in [2.75, 3.05) is 26.2 Å². The van der Waals surface area contributed by atoms with Gasteiger partial charge < -0.3 is 14.1 Å². The van der Waals surface area contributed by atoms with Gasteiger partial charge in [0.25, 0.3) is 0 Å². The molecule has 1 unspecified atom stereocenters. The van der Waals surface area contributed by atoms with Crippen LogP contribution >= 0.6 is 11.9 Å². The molecule has 1 aliphatic heterocycles. The molecule has 1 aromatic rings. The molecule has 0 bridgehead atoms. The van der Waals surface area contributed by atoms with Crippen LogP contribution < -0.4 is 0 Å². The van der Waals surface area contributed by atoms with Crippen molar-refractivity contribution in [3.05, 3.63) is 24.2 Å². The Labute approximate surface area is 140 Å². The molecule has 0 aromatic carbocycles. The van der Waals surface area contributed by atoms with Crippen LogP contribution in [-0.2, 0) is 20.7 Å². The second-order valence-electron chi connectivity index (χ2n) is 5.81. The van der Waals surface area contributed by atoms with E-state index in [1.807, 2.05) is 6.07 Å². The summed E-state index contributed by atoms with van der Waals surface area (Å²) >= 11 is 1.78. The van der Waals surface area contributed by atoms with Crippen LogP contribution in [0.5, 0.6) is 0 Å². The van der Waals surface area contributed by atoms with Crippen LogP contribution in [0, 0.1) is 0 Å². The van der Waals surface area contributed by atoms with Gasteiger partial charge in [-0.15, -0.1) is 0 Å². The number of hydrogen-bond donors (Lipinski definition) is 0. The molecule has 1 amide bonds. The maximum absolute atomic E-state index is 12.5. The molecule has 6 nitrogen and oxygen atoms in total. The minimum Gasteiger partial charge on any atom is -0.469 e. The molecule has 23 heavy (non-hydrogen) atoms. The monoisotopic (exact) mass is 338 g/mol. The van der Waals surface area contributed by atoms with E-state index in [2.05, 4.69) is 4.31 Å². The summed E-state index contributed by atoms with van der Waals surface area (Å²) in [6.07, 6.45) is 4.41. The van der Waals surface area contributed by atoms with Crippen LogP contribution in [0.25, 0.3) is 0 Å². The van der Waals surface area contributed by atoms with Crippen LogP contribution in [0.15, 0.2) is 22.8 Å². The van der Waals surface area contributed by atoms with E-state index in [0.29, 0.717) is 37.1 Å². The number of nitrogens with zero attached hydrogens (tertiary/aromatic N) is 2. The minimum absolute atomic E-state index is 0.0194. The van der Waals surface area contributed by atoms with Gasteiger partial charge in [0.1, 0.15) is 11.8 Å². The molecular weight excluding hydrogens is 316 g/mol. The molecule has 1 saturated heterocycles. The Bertz CT molecular complexity index is 544. The summed E-state index contributed by atoms with van der Waals surface area (Å²) < 4.78 is 12.6. The van der Waals surface area contributed by atoms with Gasteiger partial charge in [-0.1, -0.05) is 11.9 Å². The van der Waals surface area contributed by atoms with E-state index in [0.717, 1.165) is 6.54 Å². The molecular formula is C16H22N2O4S. The summed E-state index contributed by atoms with van der Waals surface area (Å²) in [5.41, 5.74) is 0. The molecule has 1 atom stereocenters. The molecule has 0 radical (unpaired) electrons. The fourth-order valence-electron chi connectivity index (χ4n) is 2.65. The Balaban J connectivity index is 1.65. The summed E-state index contributed by atoms with van der Waals surface area (Å²) in [5, 5.41) is 0.679. The Kier molecular flexibility index (Phi) is 5.27. The largest absolute Gasteiger partial charge is 0.469 e. The van der Waals surface area contributed by atoms with Crippen LogP contribution in [0.3, 0.4) is 0 Å². The third kappa shape index (κ3) is 4.29. The van der Waals surface area contributed by atoms with Gasteiger partial charge in [0.2, 0.25) is 5.91 Å². The Morgan fingerprint density at radius 2 is 2.30 bits per heavy atom. The van der Waals surface area contributed by atoms with E-state index in [-0.39, 0.29) is 11.9 Å². The second kappa shape index (κ2) is 7.40. The number of furan rings is 1. The summed E-state index contributed by atoms with van der Waals surface area (Å²) in [6.45, 7) is 3.76. The number of carbonyl (C=O) groups is 2. The van der Waals surface area contributed by atoms with Gasteiger partial charge in [-0.3, -0.25) is 4.79 Å². The number of carbonyl (C=O) groups excluding carboxylic acids is 2. The molecule has 1 saturated carbocycles. The number of ether oxygens (including phenoxy) is 1. The number of amides is 1. The SMILES string of the molecule is CCOC(=O)C(Cc1ccco1)N1CCN(SC2CC2)CC1=O. The number of hydrogen-bond acceptors (Lipinski definition) is 6. The van der Waals surface area contributed by atoms with Crippen molar-refractivity contribution in [1.29, 1.82) is 0 Å². The minimum atomic E-state index is -0.610. The van der Waals surface area contributed by atoms with Gasteiger partial charge in [0.05, 0.1) is 19.4 Å². The highest BCUT2D eigenvalue weighted by Crippen LogP contribution is 2.36. The topological polar surface area (TPSA) is 63.0 Å². The Morgan fingerprint density at radius 3 is 2.91 bits per heavy atom. The number of piperazine rings is 1. The summed E-state index contributed by atoms with van der Waals surface area (Å²) in [7, 11) is 0. The zero-order valence-electron chi connectivity index (χ0n) is 13.3. The summed E-state index contributed by atoms with van der Waals surface area (Å²) in [5.74, 6) is 0.306. The van der Waals surface area contributed by atoms with Crippen molar-refractivity contribution in [3.8, 4) is 0 Å². The van der Waals surface area contributed by atoms with E-state index in [9.17, 15) is 9.59 Å². The van der Waals surface area contributed by atoms with Crippen molar-refractivity contribution in [2.45, 2.75) is 37.5 Å². The highest BCUT2D eigenvalue weighted by molar-refractivity contribution is 7.97. The molecule has 2 aliphatic rings. The maximum Gasteiger partial charge on any atom is 0.329 e. The van der Waals surface area contributed by atoms with Crippen LogP contribution in [0.1, 0.15) is 25.5 Å². The first-order valence-electron chi connectivity index (χ1n) is 8.07. The average Bonchev–Trinajstić information content (AvgIpc) is 3.18. The van der Waals surface area contributed by atoms with E-state index < -0.39 is 6.04 Å². The molecule has 3 rings (SSSR count).